The Labute approximate surface area is 280 Å². The quantitative estimate of drug-likeness (QED) is 0.0430. The fraction of sp³-hybridized carbons (Fsp3) is 0.780. The number of unbranched alkanes of at least 4 members (excludes halogenated alkanes) is 19. The zero-order valence-corrected chi connectivity index (χ0v) is 29.9. The minimum Gasteiger partial charge on any atom is -0.463 e. The summed E-state index contributed by atoms with van der Waals surface area (Å²) in [6, 6.07) is 0. The molecule has 0 aromatic heterocycles. The third kappa shape index (κ3) is 38.4. The molecule has 4 heteroatoms. The summed E-state index contributed by atoms with van der Waals surface area (Å²) in [5.41, 5.74) is 0. The highest BCUT2D eigenvalue weighted by Gasteiger charge is 2.09. The van der Waals surface area contributed by atoms with E-state index in [1.807, 2.05) is 0 Å². The Morgan fingerprint density at radius 2 is 0.911 bits per heavy atom. The van der Waals surface area contributed by atoms with E-state index in [2.05, 4.69) is 62.5 Å². The predicted octanol–water partition coefficient (Wildman–Crippen LogP) is 12.3. The Morgan fingerprint density at radius 1 is 0.511 bits per heavy atom. The van der Waals surface area contributed by atoms with E-state index in [9.17, 15) is 9.90 Å². The van der Waals surface area contributed by atoms with Gasteiger partial charge in [-0.1, -0.05) is 172 Å². The van der Waals surface area contributed by atoms with Crippen molar-refractivity contribution in [2.75, 3.05) is 19.8 Å². The van der Waals surface area contributed by atoms with Crippen molar-refractivity contribution in [1.29, 1.82) is 0 Å². The second kappa shape index (κ2) is 38.5. The van der Waals surface area contributed by atoms with E-state index in [-0.39, 0.29) is 19.2 Å². The number of allylic oxidation sites excluding steroid dienone is 8. The fourth-order valence-electron chi connectivity index (χ4n) is 5.21. The molecule has 45 heavy (non-hydrogen) atoms. The first-order valence-corrected chi connectivity index (χ1v) is 19.2. The monoisotopic (exact) mass is 631 g/mol. The van der Waals surface area contributed by atoms with Crippen LogP contribution in [0.3, 0.4) is 0 Å². The van der Waals surface area contributed by atoms with E-state index in [1.54, 1.807) is 0 Å². The molecule has 1 unspecified atom stereocenters. The van der Waals surface area contributed by atoms with Gasteiger partial charge in [0.05, 0.1) is 6.61 Å². The number of rotatable bonds is 35. The minimum atomic E-state index is -0.747. The van der Waals surface area contributed by atoms with Gasteiger partial charge in [-0.2, -0.15) is 0 Å². The lowest BCUT2D eigenvalue weighted by Gasteiger charge is -2.12. The molecule has 0 aromatic rings. The Morgan fingerprint density at radius 3 is 1.40 bits per heavy atom. The van der Waals surface area contributed by atoms with E-state index in [0.29, 0.717) is 13.0 Å². The van der Waals surface area contributed by atoms with Crippen molar-refractivity contribution >= 4 is 5.97 Å². The average molecular weight is 631 g/mol. The van der Waals surface area contributed by atoms with Gasteiger partial charge in [0.2, 0.25) is 0 Å². The summed E-state index contributed by atoms with van der Waals surface area (Å²) in [6.45, 7) is 5.43. The molecule has 0 bridgehead atoms. The molecule has 0 aliphatic rings. The van der Waals surface area contributed by atoms with Crippen molar-refractivity contribution in [3.8, 4) is 0 Å². The van der Waals surface area contributed by atoms with Crippen molar-refractivity contribution in [3.05, 3.63) is 48.6 Å². The molecule has 0 spiro atoms. The Bertz CT molecular complexity index is 708. The average Bonchev–Trinajstić information content (AvgIpc) is 3.04. The van der Waals surface area contributed by atoms with Gasteiger partial charge >= 0.3 is 5.97 Å². The van der Waals surface area contributed by atoms with Crippen LogP contribution in [0.25, 0.3) is 0 Å². The van der Waals surface area contributed by atoms with Crippen molar-refractivity contribution in [1.82, 2.24) is 0 Å². The van der Waals surface area contributed by atoms with Gasteiger partial charge in [0, 0.05) is 13.0 Å². The zero-order chi connectivity index (χ0) is 32.7. The molecule has 0 rings (SSSR count). The molecule has 0 amide bonds. The summed E-state index contributed by atoms with van der Waals surface area (Å²) in [4.78, 5) is 11.9. The van der Waals surface area contributed by atoms with E-state index in [4.69, 9.17) is 9.47 Å². The van der Waals surface area contributed by atoms with Crippen LogP contribution in [0.5, 0.6) is 0 Å². The lowest BCUT2D eigenvalue weighted by Crippen LogP contribution is -2.24. The molecule has 0 fully saturated rings. The molecule has 0 aromatic carbocycles. The Balaban J connectivity index is 3.41. The van der Waals surface area contributed by atoms with Crippen molar-refractivity contribution in [2.45, 2.75) is 187 Å². The molecule has 4 nitrogen and oxygen atoms in total. The molecule has 0 radical (unpaired) electrons. The number of hydrogen-bond donors (Lipinski definition) is 1. The van der Waals surface area contributed by atoms with E-state index in [1.165, 1.54) is 122 Å². The largest absolute Gasteiger partial charge is 0.463 e. The highest BCUT2D eigenvalue weighted by atomic mass is 16.5. The van der Waals surface area contributed by atoms with Gasteiger partial charge in [-0.25, -0.2) is 0 Å². The summed E-state index contributed by atoms with van der Waals surface area (Å²) in [7, 11) is 0. The zero-order valence-electron chi connectivity index (χ0n) is 29.9. The van der Waals surface area contributed by atoms with Gasteiger partial charge in [-0.3, -0.25) is 4.79 Å². The van der Waals surface area contributed by atoms with E-state index in [0.717, 1.165) is 38.5 Å². The summed E-state index contributed by atoms with van der Waals surface area (Å²) >= 11 is 0. The lowest BCUT2D eigenvalue weighted by molar-refractivity contribution is -0.147. The lowest BCUT2D eigenvalue weighted by atomic mass is 10.0. The fourth-order valence-corrected chi connectivity index (χ4v) is 5.21. The van der Waals surface area contributed by atoms with Gasteiger partial charge in [-0.15, -0.1) is 0 Å². The normalized spacial score (nSPS) is 12.9. The van der Waals surface area contributed by atoms with Crippen LogP contribution < -0.4 is 0 Å². The number of aliphatic hydroxyl groups excluding tert-OH is 1. The molecular formula is C41H74O4. The summed E-state index contributed by atoms with van der Waals surface area (Å²) in [5, 5.41) is 10.0. The van der Waals surface area contributed by atoms with Crippen LogP contribution in [0.2, 0.25) is 0 Å². The summed E-state index contributed by atoms with van der Waals surface area (Å²) in [6.07, 6.45) is 48.6. The molecule has 0 heterocycles. The van der Waals surface area contributed by atoms with Gasteiger partial charge < -0.3 is 14.6 Å². The number of hydrogen-bond acceptors (Lipinski definition) is 4. The third-order valence-corrected chi connectivity index (χ3v) is 8.10. The Hall–Kier alpha value is -1.65. The maximum Gasteiger partial charge on any atom is 0.305 e. The third-order valence-electron chi connectivity index (χ3n) is 8.10. The van der Waals surface area contributed by atoms with Crippen LogP contribution >= 0.6 is 0 Å². The van der Waals surface area contributed by atoms with Crippen molar-refractivity contribution < 1.29 is 19.4 Å². The first-order chi connectivity index (χ1) is 22.2. The molecule has 0 saturated heterocycles. The van der Waals surface area contributed by atoms with Crippen LogP contribution in [0.4, 0.5) is 0 Å². The Kier molecular flexibility index (Phi) is 37.1. The summed E-state index contributed by atoms with van der Waals surface area (Å²) < 4.78 is 10.8. The highest BCUT2D eigenvalue weighted by molar-refractivity contribution is 5.69. The van der Waals surface area contributed by atoms with Crippen LogP contribution in [0, 0.1) is 0 Å². The maximum absolute atomic E-state index is 11.9. The van der Waals surface area contributed by atoms with Crippen LogP contribution in [0.1, 0.15) is 181 Å². The van der Waals surface area contributed by atoms with Gasteiger partial charge in [0.25, 0.3) is 0 Å². The van der Waals surface area contributed by atoms with Crippen LogP contribution in [-0.2, 0) is 14.3 Å². The predicted molar refractivity (Wildman–Crippen MR) is 196 cm³/mol. The van der Waals surface area contributed by atoms with Crippen LogP contribution in [0.15, 0.2) is 48.6 Å². The smallest absolute Gasteiger partial charge is 0.305 e. The van der Waals surface area contributed by atoms with Crippen LogP contribution in [-0.4, -0.2) is 37.0 Å². The van der Waals surface area contributed by atoms with E-state index >= 15 is 0 Å². The minimum absolute atomic E-state index is 0.0160. The standard InChI is InChI=1S/C41H74O4/c1-3-5-7-9-11-13-15-17-19-21-22-24-26-28-30-32-34-36-41(43)45-39-40(42)38-44-37-35-33-31-29-27-25-23-20-18-16-14-12-10-8-6-4-2/h11,13,17,19,22,24,28,30,40,42H,3-10,12,14-16,18,20-21,23,25-27,29,31-39H2,1-2H3/b13-11-,19-17-,24-22-,30-28-. The van der Waals surface area contributed by atoms with E-state index < -0.39 is 6.10 Å². The number of aliphatic hydroxyl groups is 1. The topological polar surface area (TPSA) is 55.8 Å². The SMILES string of the molecule is CCCCC/C=C\C/C=C\C/C=C\C/C=C\CCCC(=O)OCC(O)COCCCCCCCCCCCCCCCCCC. The second-order valence-corrected chi connectivity index (χ2v) is 12.7. The molecule has 1 atom stereocenters. The van der Waals surface area contributed by atoms with Gasteiger partial charge in [-0.05, 0) is 51.4 Å². The summed E-state index contributed by atoms with van der Waals surface area (Å²) in [5.74, 6) is -0.247. The maximum atomic E-state index is 11.9. The highest BCUT2D eigenvalue weighted by Crippen LogP contribution is 2.14. The number of esters is 1. The molecule has 1 N–H and O–H groups in total. The second-order valence-electron chi connectivity index (χ2n) is 12.7. The number of carbonyl (C=O) groups is 1. The van der Waals surface area contributed by atoms with Gasteiger partial charge in [0.1, 0.15) is 12.7 Å². The molecule has 0 aliphatic heterocycles. The first-order valence-electron chi connectivity index (χ1n) is 19.2. The van der Waals surface area contributed by atoms with Crippen molar-refractivity contribution in [2.24, 2.45) is 0 Å². The first kappa shape index (κ1) is 43.4. The number of carbonyl (C=O) groups excluding carboxylic acids is 1. The number of ether oxygens (including phenoxy) is 2. The molecular weight excluding hydrogens is 556 g/mol. The molecule has 262 valence electrons. The molecule has 0 saturated carbocycles. The van der Waals surface area contributed by atoms with Crippen molar-refractivity contribution in [3.63, 3.8) is 0 Å². The van der Waals surface area contributed by atoms with Gasteiger partial charge in [0.15, 0.2) is 0 Å². The molecule has 0 aliphatic carbocycles.